The van der Waals surface area contributed by atoms with Crippen molar-refractivity contribution in [2.45, 2.75) is 25.7 Å². The Morgan fingerprint density at radius 3 is 3.15 bits per heavy atom. The van der Waals surface area contributed by atoms with Gasteiger partial charge in [0, 0.05) is 19.0 Å². The number of anilines is 1. The maximum Gasteiger partial charge on any atom is 0.230 e. The van der Waals surface area contributed by atoms with Crippen molar-refractivity contribution >= 4 is 11.6 Å². The molecule has 6 nitrogen and oxygen atoms in total. The summed E-state index contributed by atoms with van der Waals surface area (Å²) in [5.41, 5.74) is 8.49. The number of carbonyl (C=O) groups is 1. The highest BCUT2D eigenvalue weighted by Crippen LogP contribution is 2.29. The molecule has 1 fully saturated rings. The molecule has 3 N–H and O–H groups in total. The zero-order valence-corrected chi connectivity index (χ0v) is 11.4. The minimum Gasteiger partial charge on any atom is -0.469 e. The van der Waals surface area contributed by atoms with Crippen molar-refractivity contribution in [3.63, 3.8) is 0 Å². The first kappa shape index (κ1) is 12.8. The molecule has 0 saturated carbocycles. The Hall–Kier alpha value is -2.24. The lowest BCUT2D eigenvalue weighted by molar-refractivity contribution is -0.129. The summed E-state index contributed by atoms with van der Waals surface area (Å²) < 4.78 is 5.33. The van der Waals surface area contributed by atoms with E-state index >= 15 is 0 Å². The van der Waals surface area contributed by atoms with Crippen molar-refractivity contribution in [3.8, 4) is 0 Å². The zero-order chi connectivity index (χ0) is 14.1. The first-order chi connectivity index (χ1) is 9.65. The molecule has 1 atom stereocenters. The predicted octanol–water partition coefficient (Wildman–Crippen LogP) is 1.45. The van der Waals surface area contributed by atoms with Gasteiger partial charge in [-0.25, -0.2) is 0 Å². The molecule has 106 valence electrons. The monoisotopic (exact) mass is 274 g/mol. The topological polar surface area (TPSA) is 88.2 Å². The lowest BCUT2D eigenvalue weighted by atomic mass is 10.0. The van der Waals surface area contributed by atoms with Crippen LogP contribution in [0.25, 0.3) is 0 Å². The molecule has 20 heavy (non-hydrogen) atoms. The molecule has 3 heterocycles. The second kappa shape index (κ2) is 5.03. The van der Waals surface area contributed by atoms with Crippen LogP contribution in [-0.2, 0) is 11.2 Å². The SMILES string of the molecule is Cc1ccoc1CC(=O)N1CCC(c2[nH]ncc2N)C1. The highest BCUT2D eigenvalue weighted by molar-refractivity contribution is 5.79. The van der Waals surface area contributed by atoms with Gasteiger partial charge >= 0.3 is 0 Å². The normalized spacial score (nSPS) is 18.6. The molecule has 0 spiro atoms. The quantitative estimate of drug-likeness (QED) is 0.886. The van der Waals surface area contributed by atoms with E-state index in [-0.39, 0.29) is 11.8 Å². The number of nitrogen functional groups attached to an aromatic ring is 1. The fourth-order valence-corrected chi connectivity index (χ4v) is 2.69. The number of rotatable bonds is 3. The highest BCUT2D eigenvalue weighted by Gasteiger charge is 2.29. The third kappa shape index (κ3) is 2.29. The number of nitrogens with zero attached hydrogens (tertiary/aromatic N) is 2. The van der Waals surface area contributed by atoms with Gasteiger partial charge in [-0.05, 0) is 25.0 Å². The molecule has 1 unspecified atom stereocenters. The molecule has 6 heteroatoms. The molecule has 1 amide bonds. The van der Waals surface area contributed by atoms with Crippen LogP contribution in [-0.4, -0.2) is 34.1 Å². The van der Waals surface area contributed by atoms with Crippen molar-refractivity contribution in [2.75, 3.05) is 18.8 Å². The summed E-state index contributed by atoms with van der Waals surface area (Å²) in [7, 11) is 0. The molecule has 0 bridgehead atoms. The van der Waals surface area contributed by atoms with Crippen LogP contribution in [0.3, 0.4) is 0 Å². The summed E-state index contributed by atoms with van der Waals surface area (Å²) in [6.45, 7) is 3.39. The number of aryl methyl sites for hydroxylation is 1. The number of nitrogens with two attached hydrogens (primary N) is 1. The van der Waals surface area contributed by atoms with Crippen molar-refractivity contribution in [1.29, 1.82) is 0 Å². The molecule has 0 aromatic carbocycles. The smallest absolute Gasteiger partial charge is 0.230 e. The number of aromatic amines is 1. The number of aromatic nitrogens is 2. The van der Waals surface area contributed by atoms with Crippen LogP contribution >= 0.6 is 0 Å². The van der Waals surface area contributed by atoms with Gasteiger partial charge in [0.1, 0.15) is 5.76 Å². The molecule has 0 aliphatic carbocycles. The summed E-state index contributed by atoms with van der Waals surface area (Å²) in [4.78, 5) is 14.1. The first-order valence-electron chi connectivity index (χ1n) is 6.74. The zero-order valence-electron chi connectivity index (χ0n) is 11.4. The maximum absolute atomic E-state index is 12.3. The van der Waals surface area contributed by atoms with Crippen molar-refractivity contribution in [1.82, 2.24) is 15.1 Å². The molecule has 2 aromatic heterocycles. The Balaban J connectivity index is 1.64. The predicted molar refractivity (Wildman–Crippen MR) is 74.1 cm³/mol. The third-order valence-corrected chi connectivity index (χ3v) is 3.93. The molecular formula is C14H18N4O2. The number of likely N-dealkylation sites (tertiary alicyclic amines) is 1. The number of amides is 1. The summed E-state index contributed by atoms with van der Waals surface area (Å²) in [6.07, 6.45) is 4.47. The number of carbonyl (C=O) groups excluding carboxylic acids is 1. The van der Waals surface area contributed by atoms with E-state index < -0.39 is 0 Å². The van der Waals surface area contributed by atoms with Gasteiger partial charge in [-0.2, -0.15) is 5.10 Å². The van der Waals surface area contributed by atoms with Crippen LogP contribution in [0.15, 0.2) is 22.9 Å². The van der Waals surface area contributed by atoms with E-state index in [4.69, 9.17) is 10.2 Å². The Kier molecular flexibility index (Phi) is 3.22. The molecule has 1 saturated heterocycles. The van der Waals surface area contributed by atoms with E-state index in [1.54, 1.807) is 12.5 Å². The van der Waals surface area contributed by atoms with E-state index in [2.05, 4.69) is 10.2 Å². The Bertz CT molecular complexity index is 616. The average Bonchev–Trinajstić information content (AvgIpc) is 3.11. The van der Waals surface area contributed by atoms with Crippen LogP contribution < -0.4 is 5.73 Å². The lowest BCUT2D eigenvalue weighted by Crippen LogP contribution is -2.30. The minimum absolute atomic E-state index is 0.101. The fourth-order valence-electron chi connectivity index (χ4n) is 2.69. The Morgan fingerprint density at radius 1 is 1.65 bits per heavy atom. The summed E-state index contributed by atoms with van der Waals surface area (Å²) in [6, 6.07) is 1.88. The molecule has 1 aliphatic heterocycles. The van der Waals surface area contributed by atoms with E-state index in [9.17, 15) is 4.79 Å². The molecular weight excluding hydrogens is 256 g/mol. The van der Waals surface area contributed by atoms with E-state index in [0.29, 0.717) is 18.7 Å². The second-order valence-corrected chi connectivity index (χ2v) is 5.27. The summed E-state index contributed by atoms with van der Waals surface area (Å²) in [5, 5.41) is 6.87. The average molecular weight is 274 g/mol. The molecule has 3 rings (SSSR count). The van der Waals surface area contributed by atoms with Crippen LogP contribution in [0, 0.1) is 6.92 Å². The standard InChI is InChI=1S/C14H18N4O2/c1-9-3-5-20-12(9)6-13(19)18-4-2-10(8-18)14-11(15)7-16-17-14/h3,5,7,10H,2,4,6,8,15H2,1H3,(H,16,17). The van der Waals surface area contributed by atoms with Gasteiger partial charge in [-0.1, -0.05) is 0 Å². The van der Waals surface area contributed by atoms with Gasteiger partial charge in [-0.3, -0.25) is 9.89 Å². The van der Waals surface area contributed by atoms with Gasteiger partial charge in [0.05, 0.1) is 30.3 Å². The van der Waals surface area contributed by atoms with Crippen LogP contribution in [0.4, 0.5) is 5.69 Å². The van der Waals surface area contributed by atoms with E-state index in [1.165, 1.54) is 0 Å². The molecule has 1 aliphatic rings. The number of H-pyrrole nitrogens is 1. The van der Waals surface area contributed by atoms with Crippen molar-refractivity contribution in [2.24, 2.45) is 0 Å². The largest absolute Gasteiger partial charge is 0.469 e. The van der Waals surface area contributed by atoms with Gasteiger partial charge in [0.15, 0.2) is 0 Å². The van der Waals surface area contributed by atoms with Gasteiger partial charge in [0.25, 0.3) is 0 Å². The van der Waals surface area contributed by atoms with Crippen molar-refractivity contribution in [3.05, 3.63) is 35.5 Å². The van der Waals surface area contributed by atoms with E-state index in [0.717, 1.165) is 30.0 Å². The van der Waals surface area contributed by atoms with Crippen LogP contribution in [0.5, 0.6) is 0 Å². The minimum atomic E-state index is 0.101. The molecule has 0 radical (unpaired) electrons. The van der Waals surface area contributed by atoms with Gasteiger partial charge in [-0.15, -0.1) is 0 Å². The number of furan rings is 1. The van der Waals surface area contributed by atoms with Crippen LogP contribution in [0.2, 0.25) is 0 Å². The first-order valence-corrected chi connectivity index (χ1v) is 6.74. The highest BCUT2D eigenvalue weighted by atomic mass is 16.3. The Morgan fingerprint density at radius 2 is 2.50 bits per heavy atom. The summed E-state index contributed by atoms with van der Waals surface area (Å²) in [5.74, 6) is 1.10. The number of hydrogen-bond donors (Lipinski definition) is 2. The fraction of sp³-hybridized carbons (Fsp3) is 0.429. The lowest BCUT2D eigenvalue weighted by Gasteiger charge is -2.16. The van der Waals surface area contributed by atoms with Crippen molar-refractivity contribution < 1.29 is 9.21 Å². The maximum atomic E-state index is 12.3. The van der Waals surface area contributed by atoms with E-state index in [1.807, 2.05) is 17.9 Å². The summed E-state index contributed by atoms with van der Waals surface area (Å²) >= 11 is 0. The number of nitrogens with one attached hydrogen (secondary N) is 1. The third-order valence-electron chi connectivity index (χ3n) is 3.93. The van der Waals surface area contributed by atoms with Gasteiger partial charge in [0.2, 0.25) is 5.91 Å². The number of hydrogen-bond acceptors (Lipinski definition) is 4. The molecule has 2 aromatic rings. The Labute approximate surface area is 116 Å². The van der Waals surface area contributed by atoms with Crippen LogP contribution in [0.1, 0.15) is 29.4 Å². The van der Waals surface area contributed by atoms with Gasteiger partial charge < -0.3 is 15.1 Å². The second-order valence-electron chi connectivity index (χ2n) is 5.27.